The fourth-order valence-electron chi connectivity index (χ4n) is 4.92. The summed E-state index contributed by atoms with van der Waals surface area (Å²) in [7, 11) is 0. The molecule has 3 aromatic rings. The smallest absolute Gasteiger partial charge is 0.0923 e. The molecule has 1 saturated heterocycles. The second-order valence-corrected chi connectivity index (χ2v) is 9.10. The van der Waals surface area contributed by atoms with Crippen molar-refractivity contribution in [2.45, 2.75) is 38.3 Å². The largest absolute Gasteiger partial charge is 0.369 e. The van der Waals surface area contributed by atoms with Gasteiger partial charge in [-0.15, -0.1) is 0 Å². The minimum absolute atomic E-state index is 0.517. The topological polar surface area (TPSA) is 24.3 Å². The van der Waals surface area contributed by atoms with E-state index in [9.17, 15) is 0 Å². The zero-order valence-corrected chi connectivity index (χ0v) is 18.3. The van der Waals surface area contributed by atoms with Gasteiger partial charge in [-0.3, -0.25) is 9.58 Å². The second kappa shape index (κ2) is 8.44. The highest BCUT2D eigenvalue weighted by Gasteiger charge is 2.32. The summed E-state index contributed by atoms with van der Waals surface area (Å²) in [6, 6.07) is 20.2. The Morgan fingerprint density at radius 2 is 1.53 bits per heavy atom. The van der Waals surface area contributed by atoms with Gasteiger partial charge in [0.15, 0.2) is 0 Å². The Kier molecular flexibility index (Phi) is 5.53. The van der Waals surface area contributed by atoms with E-state index in [2.05, 4.69) is 70.1 Å². The van der Waals surface area contributed by atoms with Crippen molar-refractivity contribution >= 4 is 17.3 Å². The van der Waals surface area contributed by atoms with Crippen LogP contribution < -0.4 is 4.90 Å². The summed E-state index contributed by atoms with van der Waals surface area (Å²) >= 11 is 6.03. The predicted octanol–water partition coefficient (Wildman–Crippen LogP) is 5.43. The summed E-state index contributed by atoms with van der Waals surface area (Å²) in [5, 5.41) is 5.71. The molecule has 0 amide bonds. The molecule has 0 N–H and O–H groups in total. The van der Waals surface area contributed by atoms with E-state index < -0.39 is 0 Å². The average molecular weight is 421 g/mol. The van der Waals surface area contributed by atoms with E-state index in [1.165, 1.54) is 36.1 Å². The van der Waals surface area contributed by atoms with E-state index in [4.69, 9.17) is 16.7 Å². The highest BCUT2D eigenvalue weighted by atomic mass is 35.5. The Morgan fingerprint density at radius 3 is 2.27 bits per heavy atom. The summed E-state index contributed by atoms with van der Waals surface area (Å²) in [5.41, 5.74) is 4.85. The molecule has 1 saturated carbocycles. The number of anilines is 1. The van der Waals surface area contributed by atoms with Gasteiger partial charge < -0.3 is 4.90 Å². The zero-order valence-electron chi connectivity index (χ0n) is 17.5. The minimum atomic E-state index is 0.517. The lowest BCUT2D eigenvalue weighted by Crippen LogP contribution is -2.49. The van der Waals surface area contributed by atoms with Crippen LogP contribution in [0.3, 0.4) is 0 Å². The second-order valence-electron chi connectivity index (χ2n) is 8.67. The first-order chi connectivity index (χ1) is 14.7. The summed E-state index contributed by atoms with van der Waals surface area (Å²) in [6.45, 7) is 6.56. The average Bonchev–Trinajstić information content (AvgIpc) is 3.45. The Labute approximate surface area is 184 Å². The summed E-state index contributed by atoms with van der Waals surface area (Å²) in [6.07, 6.45) is 5.86. The predicted molar refractivity (Wildman–Crippen MR) is 124 cm³/mol. The van der Waals surface area contributed by atoms with Crippen LogP contribution in [-0.4, -0.2) is 46.9 Å². The van der Waals surface area contributed by atoms with Crippen molar-refractivity contribution in [1.82, 2.24) is 14.7 Å². The first-order valence-corrected chi connectivity index (χ1v) is 11.4. The number of rotatable bonds is 4. The number of benzene rings is 2. The van der Waals surface area contributed by atoms with Crippen molar-refractivity contribution in [2.24, 2.45) is 0 Å². The first-order valence-electron chi connectivity index (χ1n) is 11.0. The van der Waals surface area contributed by atoms with Gasteiger partial charge in [-0.2, -0.15) is 5.10 Å². The Balaban J connectivity index is 1.18. The maximum Gasteiger partial charge on any atom is 0.0923 e. The van der Waals surface area contributed by atoms with Crippen LogP contribution >= 0.6 is 11.6 Å². The molecule has 2 heterocycles. The van der Waals surface area contributed by atoms with Crippen LogP contribution in [0.2, 0.25) is 5.02 Å². The van der Waals surface area contributed by atoms with Crippen molar-refractivity contribution in [3.8, 4) is 11.3 Å². The minimum Gasteiger partial charge on any atom is -0.369 e. The van der Waals surface area contributed by atoms with Crippen LogP contribution in [0.4, 0.5) is 5.69 Å². The fourth-order valence-corrected chi connectivity index (χ4v) is 5.05. The van der Waals surface area contributed by atoms with Gasteiger partial charge in [0.05, 0.1) is 11.7 Å². The molecule has 2 fully saturated rings. The molecule has 1 aliphatic heterocycles. The lowest BCUT2D eigenvalue weighted by molar-refractivity contribution is 0.183. The summed E-state index contributed by atoms with van der Waals surface area (Å²) in [5.74, 6) is 0. The van der Waals surface area contributed by atoms with Gasteiger partial charge in [0.2, 0.25) is 0 Å². The van der Waals surface area contributed by atoms with Crippen LogP contribution in [0.15, 0.2) is 60.8 Å². The third-order valence-electron chi connectivity index (χ3n) is 6.73. The highest BCUT2D eigenvalue weighted by molar-refractivity contribution is 6.30. The number of hydrogen-bond acceptors (Lipinski definition) is 3. The zero-order chi connectivity index (χ0) is 20.5. The molecular weight excluding hydrogens is 392 g/mol. The molecule has 4 nitrogen and oxygen atoms in total. The molecule has 0 spiro atoms. The molecule has 0 bridgehead atoms. The van der Waals surface area contributed by atoms with Gasteiger partial charge in [-0.05, 0) is 56.5 Å². The molecule has 2 unspecified atom stereocenters. The molecule has 1 aromatic heterocycles. The molecule has 5 rings (SSSR count). The maximum absolute atomic E-state index is 6.03. The van der Waals surface area contributed by atoms with Gasteiger partial charge in [0.1, 0.15) is 0 Å². The third-order valence-corrected chi connectivity index (χ3v) is 6.98. The normalized spacial score (nSPS) is 22.5. The van der Waals surface area contributed by atoms with Crippen molar-refractivity contribution in [1.29, 1.82) is 0 Å². The Bertz CT molecular complexity index is 971. The van der Waals surface area contributed by atoms with E-state index in [-0.39, 0.29) is 0 Å². The molecular formula is C25H29ClN4. The van der Waals surface area contributed by atoms with Gasteiger partial charge in [0.25, 0.3) is 0 Å². The van der Waals surface area contributed by atoms with Crippen LogP contribution in [-0.2, 0) is 0 Å². The number of aryl methyl sites for hydroxylation is 1. The SMILES string of the molecule is Cc1ccc(-c2ccn(C3CCC(N4CCN(c5ccc(Cl)cc5)CC4)C3)n2)cc1. The summed E-state index contributed by atoms with van der Waals surface area (Å²) < 4.78 is 2.21. The van der Waals surface area contributed by atoms with Crippen LogP contribution in [0, 0.1) is 6.92 Å². The Hall–Kier alpha value is -2.30. The maximum atomic E-state index is 6.03. The third kappa shape index (κ3) is 4.12. The lowest BCUT2D eigenvalue weighted by atomic mass is 10.1. The van der Waals surface area contributed by atoms with Crippen LogP contribution in [0.1, 0.15) is 30.9 Å². The van der Waals surface area contributed by atoms with E-state index >= 15 is 0 Å². The van der Waals surface area contributed by atoms with Gasteiger partial charge >= 0.3 is 0 Å². The number of piperazine rings is 1. The fraction of sp³-hybridized carbons (Fsp3) is 0.400. The number of hydrogen-bond donors (Lipinski definition) is 0. The van der Waals surface area contributed by atoms with Crippen molar-refractivity contribution in [2.75, 3.05) is 31.1 Å². The van der Waals surface area contributed by atoms with E-state index in [0.717, 1.165) is 36.9 Å². The number of aromatic nitrogens is 2. The molecule has 2 atom stereocenters. The van der Waals surface area contributed by atoms with Crippen LogP contribution in [0.5, 0.6) is 0 Å². The number of nitrogens with zero attached hydrogens (tertiary/aromatic N) is 4. The Morgan fingerprint density at radius 1 is 0.833 bits per heavy atom. The van der Waals surface area contributed by atoms with Crippen molar-refractivity contribution in [3.63, 3.8) is 0 Å². The van der Waals surface area contributed by atoms with Gasteiger partial charge in [-0.25, -0.2) is 0 Å². The van der Waals surface area contributed by atoms with Crippen molar-refractivity contribution in [3.05, 3.63) is 71.4 Å². The quantitative estimate of drug-likeness (QED) is 0.562. The molecule has 2 aromatic carbocycles. The van der Waals surface area contributed by atoms with Crippen molar-refractivity contribution < 1.29 is 0 Å². The molecule has 2 aliphatic rings. The lowest BCUT2D eigenvalue weighted by Gasteiger charge is -2.39. The molecule has 156 valence electrons. The molecule has 1 aliphatic carbocycles. The highest BCUT2D eigenvalue weighted by Crippen LogP contribution is 2.34. The first kappa shape index (κ1) is 19.7. The molecule has 5 heteroatoms. The molecule has 0 radical (unpaired) electrons. The van der Waals surface area contributed by atoms with Gasteiger partial charge in [0, 0.05) is 54.7 Å². The molecule has 30 heavy (non-hydrogen) atoms. The van der Waals surface area contributed by atoms with E-state index in [1.807, 2.05) is 12.1 Å². The van der Waals surface area contributed by atoms with Crippen LogP contribution in [0.25, 0.3) is 11.3 Å². The van der Waals surface area contributed by atoms with E-state index in [0.29, 0.717) is 12.1 Å². The van der Waals surface area contributed by atoms with E-state index in [1.54, 1.807) is 0 Å². The van der Waals surface area contributed by atoms with Gasteiger partial charge in [-0.1, -0.05) is 41.4 Å². The summed E-state index contributed by atoms with van der Waals surface area (Å²) in [4.78, 5) is 5.16. The monoisotopic (exact) mass is 420 g/mol. The standard InChI is InChI=1S/C25H29ClN4/c1-19-2-4-20(5-3-19)25-12-13-30(27-25)24-11-10-23(18-24)29-16-14-28(15-17-29)22-8-6-21(26)7-9-22/h2-9,12-13,23-24H,10-11,14-18H2,1H3. The number of halogens is 1.